The first kappa shape index (κ1) is 13.7. The van der Waals surface area contributed by atoms with Gasteiger partial charge in [-0.05, 0) is 31.1 Å². The highest BCUT2D eigenvalue weighted by atomic mass is 16.5. The molecule has 1 aliphatic carbocycles. The van der Waals surface area contributed by atoms with E-state index in [0.717, 1.165) is 38.0 Å². The first-order valence-electron chi connectivity index (χ1n) is 6.67. The molecule has 2 nitrogen and oxygen atoms in total. The molecule has 0 aromatic carbocycles. The highest BCUT2D eigenvalue weighted by Gasteiger charge is 2.26. The fourth-order valence-corrected chi connectivity index (χ4v) is 2.65. The zero-order chi connectivity index (χ0) is 11.8. The van der Waals surface area contributed by atoms with Crippen molar-refractivity contribution < 1.29 is 4.74 Å². The summed E-state index contributed by atoms with van der Waals surface area (Å²) in [5.41, 5.74) is 0. The lowest BCUT2D eigenvalue weighted by molar-refractivity contribution is 0.126. The molecule has 1 fully saturated rings. The van der Waals surface area contributed by atoms with Gasteiger partial charge in [-0.2, -0.15) is 0 Å². The molecular formula is C14H27NO. The van der Waals surface area contributed by atoms with Crippen molar-refractivity contribution in [3.05, 3.63) is 12.7 Å². The second-order valence-electron chi connectivity index (χ2n) is 5.06. The Balaban J connectivity index is 2.08. The van der Waals surface area contributed by atoms with E-state index in [-0.39, 0.29) is 0 Å². The average molecular weight is 225 g/mol. The largest absolute Gasteiger partial charge is 0.380 e. The van der Waals surface area contributed by atoms with Crippen LogP contribution < -0.4 is 5.32 Å². The van der Waals surface area contributed by atoms with Crippen molar-refractivity contribution in [2.75, 3.05) is 19.8 Å². The first-order valence-corrected chi connectivity index (χ1v) is 6.67. The van der Waals surface area contributed by atoms with Gasteiger partial charge in [-0.25, -0.2) is 0 Å². The van der Waals surface area contributed by atoms with E-state index in [4.69, 9.17) is 4.74 Å². The first-order chi connectivity index (χ1) is 7.75. The SMILES string of the molecule is C=CCCOCCNC1C(C)CCCC1C. The molecule has 0 bridgehead atoms. The number of nitrogens with one attached hydrogen (secondary N) is 1. The standard InChI is InChI=1S/C14H27NO/c1-4-5-10-16-11-9-15-14-12(2)7-6-8-13(14)3/h4,12-15H,1,5-11H2,2-3H3. The van der Waals surface area contributed by atoms with Gasteiger partial charge < -0.3 is 10.1 Å². The third kappa shape index (κ3) is 4.67. The molecule has 0 aliphatic heterocycles. The van der Waals surface area contributed by atoms with Gasteiger partial charge in [0.2, 0.25) is 0 Å². The van der Waals surface area contributed by atoms with E-state index in [1.807, 2.05) is 6.08 Å². The minimum absolute atomic E-state index is 0.691. The summed E-state index contributed by atoms with van der Waals surface area (Å²) in [4.78, 5) is 0. The van der Waals surface area contributed by atoms with E-state index < -0.39 is 0 Å². The van der Waals surface area contributed by atoms with Crippen LogP contribution in [0.4, 0.5) is 0 Å². The predicted octanol–water partition coefficient (Wildman–Crippen LogP) is 2.99. The van der Waals surface area contributed by atoms with Crippen LogP contribution in [0.2, 0.25) is 0 Å². The van der Waals surface area contributed by atoms with E-state index in [9.17, 15) is 0 Å². The van der Waals surface area contributed by atoms with Crippen LogP contribution in [0.15, 0.2) is 12.7 Å². The summed E-state index contributed by atoms with van der Waals surface area (Å²) in [5, 5.41) is 3.65. The molecule has 2 heteroatoms. The molecule has 0 amide bonds. The Bertz CT molecular complexity index is 183. The molecule has 2 atom stereocenters. The second kappa shape index (κ2) is 7.86. The maximum Gasteiger partial charge on any atom is 0.0591 e. The molecule has 0 radical (unpaired) electrons. The minimum atomic E-state index is 0.691. The second-order valence-corrected chi connectivity index (χ2v) is 5.06. The monoisotopic (exact) mass is 225 g/mol. The summed E-state index contributed by atoms with van der Waals surface area (Å²) in [5.74, 6) is 1.63. The lowest BCUT2D eigenvalue weighted by atomic mass is 9.79. The zero-order valence-corrected chi connectivity index (χ0v) is 10.9. The van der Waals surface area contributed by atoms with Crippen LogP contribution in [0, 0.1) is 11.8 Å². The van der Waals surface area contributed by atoms with Crippen LogP contribution in [0.25, 0.3) is 0 Å². The van der Waals surface area contributed by atoms with Gasteiger partial charge in [0.05, 0.1) is 13.2 Å². The summed E-state index contributed by atoms with van der Waals surface area (Å²) in [6.07, 6.45) is 7.00. The Labute approximate surface area is 100 Å². The van der Waals surface area contributed by atoms with Crippen LogP contribution in [-0.2, 0) is 4.74 Å². The zero-order valence-electron chi connectivity index (χ0n) is 10.9. The third-order valence-corrected chi connectivity index (χ3v) is 3.64. The summed E-state index contributed by atoms with van der Waals surface area (Å²) in [6, 6.07) is 0.691. The van der Waals surface area contributed by atoms with Gasteiger partial charge in [0.1, 0.15) is 0 Å². The molecule has 1 N–H and O–H groups in total. The van der Waals surface area contributed by atoms with Crippen LogP contribution in [0.3, 0.4) is 0 Å². The number of rotatable bonds is 7. The highest BCUT2D eigenvalue weighted by molar-refractivity contribution is 4.83. The van der Waals surface area contributed by atoms with Gasteiger partial charge in [-0.3, -0.25) is 0 Å². The number of hydrogen-bond acceptors (Lipinski definition) is 2. The van der Waals surface area contributed by atoms with Crippen LogP contribution in [0.5, 0.6) is 0 Å². The fraction of sp³-hybridized carbons (Fsp3) is 0.857. The van der Waals surface area contributed by atoms with Crippen LogP contribution in [0.1, 0.15) is 39.5 Å². The van der Waals surface area contributed by atoms with Crippen molar-refractivity contribution in [2.24, 2.45) is 11.8 Å². The quantitative estimate of drug-likeness (QED) is 0.531. The molecule has 0 spiro atoms. The molecule has 2 unspecified atom stereocenters. The molecule has 0 aromatic heterocycles. The van der Waals surface area contributed by atoms with E-state index in [1.54, 1.807) is 0 Å². The summed E-state index contributed by atoms with van der Waals surface area (Å²) in [6.45, 7) is 11.0. The molecular weight excluding hydrogens is 198 g/mol. The van der Waals surface area contributed by atoms with Gasteiger partial charge in [-0.1, -0.05) is 26.3 Å². The highest BCUT2D eigenvalue weighted by Crippen LogP contribution is 2.28. The molecule has 16 heavy (non-hydrogen) atoms. The third-order valence-electron chi connectivity index (χ3n) is 3.64. The maximum absolute atomic E-state index is 5.50. The van der Waals surface area contributed by atoms with Gasteiger partial charge >= 0.3 is 0 Å². The molecule has 94 valence electrons. The molecule has 1 rings (SSSR count). The molecule has 0 heterocycles. The predicted molar refractivity (Wildman–Crippen MR) is 69.6 cm³/mol. The topological polar surface area (TPSA) is 21.3 Å². The molecule has 0 aromatic rings. The lowest BCUT2D eigenvalue weighted by Gasteiger charge is -2.35. The maximum atomic E-state index is 5.50. The fourth-order valence-electron chi connectivity index (χ4n) is 2.65. The average Bonchev–Trinajstić information content (AvgIpc) is 2.26. The summed E-state index contributed by atoms with van der Waals surface area (Å²) < 4.78 is 5.50. The molecule has 1 saturated carbocycles. The van der Waals surface area contributed by atoms with Gasteiger partial charge in [0, 0.05) is 12.6 Å². The van der Waals surface area contributed by atoms with Crippen molar-refractivity contribution in [1.82, 2.24) is 5.32 Å². The minimum Gasteiger partial charge on any atom is -0.380 e. The number of hydrogen-bond donors (Lipinski definition) is 1. The Kier molecular flexibility index (Phi) is 6.74. The van der Waals surface area contributed by atoms with E-state index in [0.29, 0.717) is 6.04 Å². The Morgan fingerprint density at radius 3 is 2.56 bits per heavy atom. The van der Waals surface area contributed by atoms with Crippen molar-refractivity contribution in [2.45, 2.75) is 45.6 Å². The Hall–Kier alpha value is -0.340. The molecule has 1 aliphatic rings. The summed E-state index contributed by atoms with van der Waals surface area (Å²) in [7, 11) is 0. The molecule has 0 saturated heterocycles. The Morgan fingerprint density at radius 1 is 1.25 bits per heavy atom. The normalized spacial score (nSPS) is 30.2. The summed E-state index contributed by atoms with van der Waals surface area (Å²) >= 11 is 0. The van der Waals surface area contributed by atoms with Crippen molar-refractivity contribution in [1.29, 1.82) is 0 Å². The van der Waals surface area contributed by atoms with E-state index in [2.05, 4.69) is 25.7 Å². The van der Waals surface area contributed by atoms with Gasteiger partial charge in [0.25, 0.3) is 0 Å². The van der Waals surface area contributed by atoms with Gasteiger partial charge in [-0.15, -0.1) is 6.58 Å². The van der Waals surface area contributed by atoms with Gasteiger partial charge in [0.15, 0.2) is 0 Å². The van der Waals surface area contributed by atoms with Crippen molar-refractivity contribution in [3.63, 3.8) is 0 Å². The van der Waals surface area contributed by atoms with Crippen molar-refractivity contribution >= 4 is 0 Å². The van der Waals surface area contributed by atoms with Crippen LogP contribution in [-0.4, -0.2) is 25.8 Å². The van der Waals surface area contributed by atoms with E-state index in [1.165, 1.54) is 19.3 Å². The number of ether oxygens (including phenoxy) is 1. The van der Waals surface area contributed by atoms with E-state index >= 15 is 0 Å². The smallest absolute Gasteiger partial charge is 0.0591 e. The van der Waals surface area contributed by atoms with Crippen LogP contribution >= 0.6 is 0 Å². The van der Waals surface area contributed by atoms with Crippen molar-refractivity contribution in [3.8, 4) is 0 Å². The lowest BCUT2D eigenvalue weighted by Crippen LogP contribution is -2.44. The Morgan fingerprint density at radius 2 is 1.94 bits per heavy atom.